The number of pyridine rings is 1. The molecule has 0 N–H and O–H groups in total. The van der Waals surface area contributed by atoms with Crippen molar-refractivity contribution in [2.75, 3.05) is 57.4 Å². The summed E-state index contributed by atoms with van der Waals surface area (Å²) in [5.74, 6) is 1.37. The summed E-state index contributed by atoms with van der Waals surface area (Å²) >= 11 is 0. The molecule has 0 aromatic carbocycles. The quantitative estimate of drug-likeness (QED) is 0.623. The molecule has 0 spiro atoms. The van der Waals surface area contributed by atoms with Crippen LogP contribution in [-0.4, -0.2) is 81.0 Å². The Kier molecular flexibility index (Phi) is 6.35. The molecular formula is C23H34N4O4S. The second-order valence-corrected chi connectivity index (χ2v) is 11.7. The fourth-order valence-corrected chi connectivity index (χ4v) is 6.17. The standard InChI is InChI=1S/C23H34N4O4S/c1-17(2)15-19-21(23(19,3)4)22(28)26-9-7-25(8-10-26)20-6-5-18(16-24-20)32(29,30)27-11-13-31-14-12-27/h5-6,15-16,19,21H,7-14H2,1-4H3/t19-,21+/m0/s1. The molecule has 176 valence electrons. The van der Waals surface area contributed by atoms with Crippen molar-refractivity contribution in [3.05, 3.63) is 30.0 Å². The molecule has 1 aromatic heterocycles. The van der Waals surface area contributed by atoms with Crippen molar-refractivity contribution in [2.45, 2.75) is 32.6 Å². The van der Waals surface area contributed by atoms with Gasteiger partial charge in [-0.3, -0.25) is 4.79 Å². The summed E-state index contributed by atoms with van der Waals surface area (Å²) in [6, 6.07) is 3.39. The molecule has 1 aliphatic carbocycles. The van der Waals surface area contributed by atoms with E-state index in [1.165, 1.54) is 16.1 Å². The lowest BCUT2D eigenvalue weighted by Crippen LogP contribution is -2.49. The van der Waals surface area contributed by atoms with Crippen LogP contribution in [0.1, 0.15) is 27.7 Å². The van der Waals surface area contributed by atoms with Gasteiger partial charge < -0.3 is 14.5 Å². The maximum atomic E-state index is 13.1. The van der Waals surface area contributed by atoms with Gasteiger partial charge in [0.1, 0.15) is 10.7 Å². The van der Waals surface area contributed by atoms with Gasteiger partial charge in [0.25, 0.3) is 0 Å². The Hall–Kier alpha value is -1.97. The van der Waals surface area contributed by atoms with Crippen LogP contribution in [0.2, 0.25) is 0 Å². The molecule has 2 saturated heterocycles. The summed E-state index contributed by atoms with van der Waals surface area (Å²) in [6.45, 7) is 12.8. The first kappa shape index (κ1) is 23.2. The van der Waals surface area contributed by atoms with Gasteiger partial charge in [-0.05, 0) is 37.3 Å². The molecule has 4 rings (SSSR count). The van der Waals surface area contributed by atoms with Crippen molar-refractivity contribution in [3.63, 3.8) is 0 Å². The number of carbonyl (C=O) groups is 1. The van der Waals surface area contributed by atoms with Gasteiger partial charge in [-0.2, -0.15) is 4.31 Å². The molecule has 2 atom stereocenters. The highest BCUT2D eigenvalue weighted by atomic mass is 32.2. The minimum absolute atomic E-state index is 0.0227. The first-order chi connectivity index (χ1) is 15.1. The van der Waals surface area contributed by atoms with Crippen LogP contribution in [0.5, 0.6) is 0 Å². The highest BCUT2D eigenvalue weighted by molar-refractivity contribution is 7.89. The number of rotatable bonds is 5. The van der Waals surface area contributed by atoms with Crippen molar-refractivity contribution >= 4 is 21.7 Å². The zero-order chi connectivity index (χ0) is 23.1. The molecule has 32 heavy (non-hydrogen) atoms. The van der Waals surface area contributed by atoms with Crippen molar-refractivity contribution in [2.24, 2.45) is 17.3 Å². The van der Waals surface area contributed by atoms with Crippen LogP contribution in [0.3, 0.4) is 0 Å². The van der Waals surface area contributed by atoms with E-state index in [4.69, 9.17) is 4.74 Å². The van der Waals surface area contributed by atoms with E-state index in [-0.39, 0.29) is 22.1 Å². The Labute approximate surface area is 191 Å². The number of allylic oxidation sites excluding steroid dienone is 2. The normalized spacial score (nSPS) is 26.0. The summed E-state index contributed by atoms with van der Waals surface area (Å²) in [5.41, 5.74) is 1.28. The van der Waals surface area contributed by atoms with Gasteiger partial charge in [-0.1, -0.05) is 25.5 Å². The van der Waals surface area contributed by atoms with E-state index in [0.29, 0.717) is 58.4 Å². The second kappa shape index (κ2) is 8.76. The smallest absolute Gasteiger partial charge is 0.244 e. The van der Waals surface area contributed by atoms with Crippen LogP contribution >= 0.6 is 0 Å². The molecular weight excluding hydrogens is 428 g/mol. The van der Waals surface area contributed by atoms with Crippen LogP contribution in [0, 0.1) is 17.3 Å². The molecule has 8 nitrogen and oxygen atoms in total. The predicted octanol–water partition coefficient (Wildman–Crippen LogP) is 1.99. The fraction of sp³-hybridized carbons (Fsp3) is 0.652. The highest BCUT2D eigenvalue weighted by Crippen LogP contribution is 2.60. The number of hydrogen-bond acceptors (Lipinski definition) is 6. The second-order valence-electron chi connectivity index (χ2n) is 9.75. The van der Waals surface area contributed by atoms with Crippen molar-refractivity contribution < 1.29 is 17.9 Å². The maximum Gasteiger partial charge on any atom is 0.244 e. The first-order valence-corrected chi connectivity index (χ1v) is 12.8. The summed E-state index contributed by atoms with van der Waals surface area (Å²) in [7, 11) is -3.54. The predicted molar refractivity (Wildman–Crippen MR) is 123 cm³/mol. The molecule has 1 amide bonds. The molecule has 2 aliphatic heterocycles. The van der Waals surface area contributed by atoms with Crippen LogP contribution in [-0.2, 0) is 19.6 Å². The summed E-state index contributed by atoms with van der Waals surface area (Å²) < 4.78 is 32.2. The van der Waals surface area contributed by atoms with Gasteiger partial charge in [0, 0.05) is 45.5 Å². The van der Waals surface area contributed by atoms with Gasteiger partial charge in [0.15, 0.2) is 0 Å². The Morgan fingerprint density at radius 3 is 2.31 bits per heavy atom. The number of sulfonamides is 1. The maximum absolute atomic E-state index is 13.1. The Balaban J connectivity index is 1.36. The van der Waals surface area contributed by atoms with E-state index in [1.54, 1.807) is 12.1 Å². The third-order valence-electron chi connectivity index (χ3n) is 6.93. The average molecular weight is 463 g/mol. The minimum atomic E-state index is -3.54. The number of morpholine rings is 1. The van der Waals surface area contributed by atoms with E-state index in [1.807, 2.05) is 4.90 Å². The summed E-state index contributed by atoms with van der Waals surface area (Å²) in [5, 5.41) is 0. The van der Waals surface area contributed by atoms with Crippen molar-refractivity contribution in [1.82, 2.24) is 14.2 Å². The first-order valence-electron chi connectivity index (χ1n) is 11.3. The highest BCUT2D eigenvalue weighted by Gasteiger charge is 2.61. The molecule has 0 radical (unpaired) electrons. The lowest BCUT2D eigenvalue weighted by Gasteiger charge is -2.36. The van der Waals surface area contributed by atoms with Gasteiger partial charge >= 0.3 is 0 Å². The van der Waals surface area contributed by atoms with E-state index in [9.17, 15) is 13.2 Å². The number of piperazine rings is 1. The van der Waals surface area contributed by atoms with Crippen LogP contribution < -0.4 is 4.90 Å². The fourth-order valence-electron chi connectivity index (χ4n) is 4.82. The number of carbonyl (C=O) groups excluding carboxylic acids is 1. The molecule has 3 fully saturated rings. The Bertz CT molecular complexity index is 972. The van der Waals surface area contributed by atoms with Gasteiger partial charge in [-0.25, -0.2) is 13.4 Å². The zero-order valence-electron chi connectivity index (χ0n) is 19.5. The largest absolute Gasteiger partial charge is 0.379 e. The third kappa shape index (κ3) is 4.43. The number of anilines is 1. The lowest BCUT2D eigenvalue weighted by molar-refractivity contribution is -0.133. The zero-order valence-corrected chi connectivity index (χ0v) is 20.3. The minimum Gasteiger partial charge on any atom is -0.379 e. The number of nitrogens with zero attached hydrogens (tertiary/aromatic N) is 4. The molecule has 1 aromatic rings. The number of ether oxygens (including phenoxy) is 1. The average Bonchev–Trinajstić information content (AvgIpc) is 3.32. The van der Waals surface area contributed by atoms with E-state index in [2.05, 4.69) is 43.7 Å². The SMILES string of the molecule is CC(C)=C[C@H]1[C@H](C(=O)N2CCN(c3ccc(S(=O)(=O)N4CCOCC4)cn3)CC2)C1(C)C. The number of aromatic nitrogens is 1. The van der Waals surface area contributed by atoms with E-state index in [0.717, 1.165) is 5.82 Å². The molecule has 3 aliphatic rings. The molecule has 9 heteroatoms. The Morgan fingerprint density at radius 1 is 1.09 bits per heavy atom. The lowest BCUT2D eigenvalue weighted by atomic mass is 10.1. The Morgan fingerprint density at radius 2 is 1.75 bits per heavy atom. The van der Waals surface area contributed by atoms with Gasteiger partial charge in [0.2, 0.25) is 15.9 Å². The van der Waals surface area contributed by atoms with Gasteiger partial charge in [0.05, 0.1) is 19.1 Å². The monoisotopic (exact) mass is 462 g/mol. The van der Waals surface area contributed by atoms with Gasteiger partial charge in [-0.15, -0.1) is 0 Å². The molecule has 0 bridgehead atoms. The summed E-state index contributed by atoms with van der Waals surface area (Å²) in [4.78, 5) is 21.8. The number of amides is 1. The van der Waals surface area contributed by atoms with Crippen molar-refractivity contribution in [1.29, 1.82) is 0 Å². The third-order valence-corrected chi connectivity index (χ3v) is 8.82. The summed E-state index contributed by atoms with van der Waals surface area (Å²) in [6.07, 6.45) is 3.67. The van der Waals surface area contributed by atoms with E-state index < -0.39 is 10.0 Å². The molecule has 1 saturated carbocycles. The topological polar surface area (TPSA) is 83.1 Å². The molecule has 3 heterocycles. The number of hydrogen-bond donors (Lipinski definition) is 0. The van der Waals surface area contributed by atoms with Crippen molar-refractivity contribution in [3.8, 4) is 0 Å². The van der Waals surface area contributed by atoms with Crippen LogP contribution in [0.15, 0.2) is 34.9 Å². The van der Waals surface area contributed by atoms with Crippen LogP contribution in [0.4, 0.5) is 5.82 Å². The molecule has 0 unspecified atom stereocenters. The van der Waals surface area contributed by atoms with E-state index >= 15 is 0 Å². The van der Waals surface area contributed by atoms with Crippen LogP contribution in [0.25, 0.3) is 0 Å².